The molecule has 0 spiro atoms. The van der Waals surface area contributed by atoms with Crippen molar-refractivity contribution in [3.8, 4) is 11.8 Å². The van der Waals surface area contributed by atoms with Gasteiger partial charge in [0.05, 0.1) is 5.56 Å². The topological polar surface area (TPSA) is 129 Å². The normalized spacial score (nSPS) is 21.6. The lowest BCUT2D eigenvalue weighted by Gasteiger charge is -2.21. The number of aliphatic carboxylic acids is 2. The lowest BCUT2D eigenvalue weighted by atomic mass is 9.95. The van der Waals surface area contributed by atoms with E-state index in [4.69, 9.17) is 14.6 Å². The summed E-state index contributed by atoms with van der Waals surface area (Å²) in [6.45, 7) is 1.79. The SMILES string of the molecule is CC#Cc1coc2ccc(C(=O)N[C@@H]3CC4CCC3N4)cc12.O=C(O)/C=C/C(=O)O. The highest BCUT2D eigenvalue weighted by Crippen LogP contribution is 2.28. The third-order valence-corrected chi connectivity index (χ3v) is 5.08. The summed E-state index contributed by atoms with van der Waals surface area (Å²) in [5.74, 6) is 3.35. The summed E-state index contributed by atoms with van der Waals surface area (Å²) in [7, 11) is 0. The number of carbonyl (C=O) groups excluding carboxylic acids is 1. The molecule has 30 heavy (non-hydrogen) atoms. The molecule has 3 atom stereocenters. The van der Waals surface area contributed by atoms with Crippen LogP contribution < -0.4 is 10.6 Å². The fourth-order valence-electron chi connectivity index (χ4n) is 3.78. The van der Waals surface area contributed by atoms with Gasteiger partial charge in [0.25, 0.3) is 5.91 Å². The van der Waals surface area contributed by atoms with Gasteiger partial charge in [-0.1, -0.05) is 5.92 Å². The molecule has 1 amide bonds. The van der Waals surface area contributed by atoms with E-state index in [1.54, 1.807) is 13.2 Å². The van der Waals surface area contributed by atoms with Crippen molar-refractivity contribution >= 4 is 28.8 Å². The minimum atomic E-state index is -1.26. The first-order valence-corrected chi connectivity index (χ1v) is 9.52. The first-order valence-electron chi connectivity index (χ1n) is 9.52. The third kappa shape index (κ3) is 5.07. The van der Waals surface area contributed by atoms with Gasteiger partial charge in [0.2, 0.25) is 0 Å². The van der Waals surface area contributed by atoms with Gasteiger partial charge >= 0.3 is 11.9 Å². The maximum atomic E-state index is 12.5. The van der Waals surface area contributed by atoms with Crippen molar-refractivity contribution in [2.24, 2.45) is 0 Å². The van der Waals surface area contributed by atoms with Crippen LogP contribution in [0.2, 0.25) is 0 Å². The van der Waals surface area contributed by atoms with E-state index in [1.807, 2.05) is 18.2 Å². The van der Waals surface area contributed by atoms with E-state index >= 15 is 0 Å². The first-order chi connectivity index (χ1) is 14.4. The van der Waals surface area contributed by atoms with E-state index < -0.39 is 11.9 Å². The summed E-state index contributed by atoms with van der Waals surface area (Å²) in [5.41, 5.74) is 2.25. The molecular formula is C22H22N2O6. The van der Waals surface area contributed by atoms with Crippen LogP contribution in [0.15, 0.2) is 41.0 Å². The number of hydrogen-bond acceptors (Lipinski definition) is 5. The lowest BCUT2D eigenvalue weighted by Crippen LogP contribution is -2.42. The number of fused-ring (bicyclic) bond motifs is 3. The Bertz CT molecular complexity index is 1040. The second kappa shape index (κ2) is 9.29. The molecule has 1 aromatic heterocycles. The molecule has 1 aromatic carbocycles. The van der Waals surface area contributed by atoms with Crippen molar-refractivity contribution in [2.75, 3.05) is 0 Å². The standard InChI is InChI=1S/C18H18N2O2.C4H4O4/c1-2-3-12-10-22-17-7-4-11(8-14(12)17)18(21)20-16-9-13-5-6-15(16)19-13;5-3(6)1-2-4(7)8/h4,7-8,10,13,15-16,19H,5-6,9H2,1H3,(H,20,21);1-2H,(H,5,6)(H,7,8)/b;2-1+/t13?,15?,16-;/m1./s1. The number of benzene rings is 1. The second-order valence-corrected chi connectivity index (χ2v) is 7.11. The molecule has 2 aliphatic heterocycles. The molecule has 0 radical (unpaired) electrons. The number of rotatable bonds is 4. The van der Waals surface area contributed by atoms with Gasteiger partial charge in [-0.15, -0.1) is 5.92 Å². The number of furan rings is 1. The smallest absolute Gasteiger partial charge is 0.328 e. The summed E-state index contributed by atoms with van der Waals surface area (Å²) in [6.07, 6.45) is 6.19. The molecule has 2 bridgehead atoms. The van der Waals surface area contributed by atoms with Crippen LogP contribution in [0.3, 0.4) is 0 Å². The lowest BCUT2D eigenvalue weighted by molar-refractivity contribution is -0.134. The summed E-state index contributed by atoms with van der Waals surface area (Å²) < 4.78 is 5.47. The highest BCUT2D eigenvalue weighted by atomic mass is 16.4. The van der Waals surface area contributed by atoms with E-state index in [1.165, 1.54) is 6.42 Å². The van der Waals surface area contributed by atoms with Crippen LogP contribution in [0.25, 0.3) is 11.0 Å². The van der Waals surface area contributed by atoms with Crippen molar-refractivity contribution in [1.29, 1.82) is 0 Å². The zero-order valence-electron chi connectivity index (χ0n) is 16.3. The summed E-state index contributed by atoms with van der Waals surface area (Å²) in [4.78, 5) is 31.6. The molecule has 8 nitrogen and oxygen atoms in total. The van der Waals surface area contributed by atoms with Gasteiger partial charge in [0.1, 0.15) is 11.8 Å². The van der Waals surface area contributed by atoms with E-state index in [-0.39, 0.29) is 11.9 Å². The van der Waals surface area contributed by atoms with Crippen LogP contribution in [-0.4, -0.2) is 46.2 Å². The van der Waals surface area contributed by atoms with Gasteiger partial charge in [0.15, 0.2) is 0 Å². The highest BCUT2D eigenvalue weighted by molar-refractivity contribution is 5.99. The molecule has 4 N–H and O–H groups in total. The molecule has 2 aliphatic rings. The Labute approximate surface area is 172 Å². The Hall–Kier alpha value is -3.57. The number of amides is 1. The summed E-state index contributed by atoms with van der Waals surface area (Å²) >= 11 is 0. The maximum absolute atomic E-state index is 12.5. The molecule has 2 aromatic rings. The van der Waals surface area contributed by atoms with Crippen molar-refractivity contribution in [3.63, 3.8) is 0 Å². The maximum Gasteiger partial charge on any atom is 0.328 e. The predicted octanol–water partition coefficient (Wildman–Crippen LogP) is 2.14. The van der Waals surface area contributed by atoms with Crippen molar-refractivity contribution in [3.05, 3.63) is 47.7 Å². The molecular weight excluding hydrogens is 388 g/mol. The average molecular weight is 410 g/mol. The summed E-state index contributed by atoms with van der Waals surface area (Å²) in [6, 6.07) is 6.79. The monoisotopic (exact) mass is 410 g/mol. The largest absolute Gasteiger partial charge is 0.478 e. The average Bonchev–Trinajstić information content (AvgIpc) is 3.43. The number of hydrogen-bond donors (Lipinski definition) is 4. The fraction of sp³-hybridized carbons (Fsp3) is 0.318. The van der Waals surface area contributed by atoms with Crippen LogP contribution in [0.1, 0.15) is 42.1 Å². The van der Waals surface area contributed by atoms with Crippen LogP contribution in [0.5, 0.6) is 0 Å². The molecule has 3 heterocycles. The van der Waals surface area contributed by atoms with Gasteiger partial charge in [-0.05, 0) is 44.4 Å². The number of nitrogens with one attached hydrogen (secondary N) is 2. The van der Waals surface area contributed by atoms with E-state index in [0.29, 0.717) is 29.8 Å². The molecule has 0 aliphatic carbocycles. The quantitative estimate of drug-likeness (QED) is 0.449. The van der Waals surface area contributed by atoms with Crippen LogP contribution >= 0.6 is 0 Å². The van der Waals surface area contributed by atoms with E-state index in [0.717, 1.165) is 29.4 Å². The number of carbonyl (C=O) groups is 3. The zero-order chi connectivity index (χ0) is 21.7. The van der Waals surface area contributed by atoms with Gasteiger partial charge < -0.3 is 25.3 Å². The van der Waals surface area contributed by atoms with Crippen molar-refractivity contribution < 1.29 is 29.0 Å². The number of carboxylic acid groups (broad SMARTS) is 2. The minimum absolute atomic E-state index is 0.0159. The Morgan fingerprint density at radius 2 is 1.93 bits per heavy atom. The minimum Gasteiger partial charge on any atom is -0.478 e. The Balaban J connectivity index is 0.000000275. The molecule has 156 valence electrons. The second-order valence-electron chi connectivity index (χ2n) is 7.11. The predicted molar refractivity (Wildman–Crippen MR) is 109 cm³/mol. The van der Waals surface area contributed by atoms with Crippen LogP contribution in [0, 0.1) is 11.8 Å². The van der Waals surface area contributed by atoms with E-state index in [2.05, 4.69) is 22.5 Å². The fourth-order valence-corrected chi connectivity index (χ4v) is 3.78. The van der Waals surface area contributed by atoms with Gasteiger partial charge in [-0.25, -0.2) is 9.59 Å². The van der Waals surface area contributed by atoms with Gasteiger partial charge in [0, 0.05) is 41.2 Å². The van der Waals surface area contributed by atoms with Crippen molar-refractivity contribution in [2.45, 2.75) is 44.3 Å². The van der Waals surface area contributed by atoms with E-state index in [9.17, 15) is 14.4 Å². The molecule has 8 heteroatoms. The highest BCUT2D eigenvalue weighted by Gasteiger charge is 2.39. The van der Waals surface area contributed by atoms with Crippen molar-refractivity contribution in [1.82, 2.24) is 10.6 Å². The molecule has 0 saturated carbocycles. The Kier molecular flexibility index (Phi) is 6.54. The van der Waals surface area contributed by atoms with Gasteiger partial charge in [-0.3, -0.25) is 4.79 Å². The molecule has 2 saturated heterocycles. The van der Waals surface area contributed by atoms with Gasteiger partial charge in [-0.2, -0.15) is 0 Å². The zero-order valence-corrected chi connectivity index (χ0v) is 16.3. The van der Waals surface area contributed by atoms with Crippen LogP contribution in [0.4, 0.5) is 0 Å². The Morgan fingerprint density at radius 3 is 2.50 bits per heavy atom. The molecule has 2 unspecified atom stereocenters. The third-order valence-electron chi connectivity index (χ3n) is 5.08. The molecule has 2 fully saturated rings. The van der Waals surface area contributed by atoms with Crippen LogP contribution in [-0.2, 0) is 9.59 Å². The Morgan fingerprint density at radius 1 is 1.20 bits per heavy atom. The number of carboxylic acids is 2. The molecule has 4 rings (SSSR count). The summed E-state index contributed by atoms with van der Waals surface area (Å²) in [5, 5.41) is 23.2. The first kappa shape index (κ1) is 21.1.